The lowest BCUT2D eigenvalue weighted by atomic mass is 10.0. The molecule has 1 aliphatic carbocycles. The van der Waals surface area contributed by atoms with Crippen molar-refractivity contribution in [3.63, 3.8) is 0 Å². The van der Waals surface area contributed by atoms with Crippen LogP contribution in [0.1, 0.15) is 52.9 Å². The van der Waals surface area contributed by atoms with Crippen LogP contribution in [0.15, 0.2) is 0 Å². The molecule has 128 valence electrons. The molecule has 0 spiro atoms. The zero-order valence-corrected chi connectivity index (χ0v) is 14.7. The molecule has 1 saturated carbocycles. The summed E-state index contributed by atoms with van der Waals surface area (Å²) in [6.45, 7) is 7.72. The van der Waals surface area contributed by atoms with Gasteiger partial charge >= 0.3 is 0 Å². The Labute approximate surface area is 140 Å². The molecule has 2 N–H and O–H groups in total. The monoisotopic (exact) mass is 331 g/mol. The Morgan fingerprint density at radius 1 is 1.27 bits per heavy atom. The molecule has 0 aromatic heterocycles. The van der Waals surface area contributed by atoms with Crippen molar-refractivity contribution in [2.24, 2.45) is 5.92 Å². The second-order valence-electron chi connectivity index (χ2n) is 6.67. The smallest absolute Gasteiger partial charge is 0.224 e. The lowest BCUT2D eigenvalue weighted by Gasteiger charge is -2.39. The molecule has 3 unspecified atom stereocenters. The molecule has 22 heavy (non-hydrogen) atoms. The Balaban J connectivity index is 0.00000242. The zero-order valence-electron chi connectivity index (χ0n) is 13.9. The number of nitrogens with one attached hydrogen (secondary N) is 2. The average molecular weight is 332 g/mol. The third kappa shape index (κ3) is 4.85. The van der Waals surface area contributed by atoms with Crippen molar-refractivity contribution in [2.45, 2.75) is 71.0 Å². The number of halogens is 1. The maximum absolute atomic E-state index is 12.4. The first-order valence-corrected chi connectivity index (χ1v) is 8.32. The van der Waals surface area contributed by atoms with E-state index in [9.17, 15) is 9.59 Å². The van der Waals surface area contributed by atoms with Crippen LogP contribution in [0.4, 0.5) is 0 Å². The van der Waals surface area contributed by atoms with Crippen molar-refractivity contribution < 1.29 is 9.59 Å². The number of carbonyl (C=O) groups excluding carboxylic acids is 2. The second kappa shape index (κ2) is 8.73. The zero-order chi connectivity index (χ0) is 15.4. The molecule has 1 saturated heterocycles. The van der Waals surface area contributed by atoms with Gasteiger partial charge in [-0.25, -0.2) is 0 Å². The van der Waals surface area contributed by atoms with Crippen LogP contribution in [0.2, 0.25) is 0 Å². The Morgan fingerprint density at radius 3 is 2.55 bits per heavy atom. The van der Waals surface area contributed by atoms with Gasteiger partial charge in [-0.1, -0.05) is 12.8 Å². The summed E-state index contributed by atoms with van der Waals surface area (Å²) in [4.78, 5) is 26.4. The van der Waals surface area contributed by atoms with E-state index in [2.05, 4.69) is 24.5 Å². The standard InChI is InChI=1S/C16H29N3O2.ClH/c1-11(18-16(21)14-6-4-5-7-14)10-15(20)19-9-8-17-12(2)13(19)3;/h11-14,17H,4-10H2,1-3H3,(H,18,21);1H. The van der Waals surface area contributed by atoms with Crippen LogP contribution in [0.25, 0.3) is 0 Å². The molecule has 2 fully saturated rings. The fourth-order valence-corrected chi connectivity index (χ4v) is 3.39. The number of hydrogen-bond acceptors (Lipinski definition) is 3. The summed E-state index contributed by atoms with van der Waals surface area (Å²) in [7, 11) is 0. The van der Waals surface area contributed by atoms with E-state index in [-0.39, 0.29) is 42.2 Å². The van der Waals surface area contributed by atoms with E-state index >= 15 is 0 Å². The predicted molar refractivity (Wildman–Crippen MR) is 90.1 cm³/mol. The van der Waals surface area contributed by atoms with Gasteiger partial charge in [0.05, 0.1) is 0 Å². The topological polar surface area (TPSA) is 61.4 Å². The van der Waals surface area contributed by atoms with E-state index in [0.29, 0.717) is 12.5 Å². The Kier molecular flexibility index (Phi) is 7.63. The van der Waals surface area contributed by atoms with E-state index in [1.807, 2.05) is 11.8 Å². The van der Waals surface area contributed by atoms with E-state index in [4.69, 9.17) is 0 Å². The first-order chi connectivity index (χ1) is 9.99. The molecule has 5 nitrogen and oxygen atoms in total. The van der Waals surface area contributed by atoms with Crippen molar-refractivity contribution in [3.8, 4) is 0 Å². The summed E-state index contributed by atoms with van der Waals surface area (Å²) in [6.07, 6.45) is 4.70. The minimum atomic E-state index is -0.0806. The van der Waals surface area contributed by atoms with Gasteiger partial charge < -0.3 is 15.5 Å². The average Bonchev–Trinajstić information content (AvgIpc) is 2.95. The number of amides is 2. The number of hydrogen-bond donors (Lipinski definition) is 2. The molecular formula is C16H30ClN3O2. The van der Waals surface area contributed by atoms with Crippen LogP contribution in [0.5, 0.6) is 0 Å². The number of nitrogens with zero attached hydrogens (tertiary/aromatic N) is 1. The number of piperazine rings is 1. The molecule has 0 bridgehead atoms. The molecule has 0 aromatic rings. The van der Waals surface area contributed by atoms with E-state index < -0.39 is 0 Å². The van der Waals surface area contributed by atoms with Gasteiger partial charge in [0.25, 0.3) is 0 Å². The fourth-order valence-electron chi connectivity index (χ4n) is 3.39. The van der Waals surface area contributed by atoms with Crippen molar-refractivity contribution in [1.29, 1.82) is 0 Å². The first kappa shape index (κ1) is 19.2. The van der Waals surface area contributed by atoms with Gasteiger partial charge in [0.15, 0.2) is 0 Å². The van der Waals surface area contributed by atoms with Crippen molar-refractivity contribution >= 4 is 24.2 Å². The molecule has 2 rings (SSSR count). The summed E-state index contributed by atoms with van der Waals surface area (Å²) < 4.78 is 0. The van der Waals surface area contributed by atoms with E-state index in [1.54, 1.807) is 0 Å². The maximum Gasteiger partial charge on any atom is 0.224 e. The Hall–Kier alpha value is -0.810. The number of rotatable bonds is 4. The molecule has 1 heterocycles. The minimum absolute atomic E-state index is 0. The minimum Gasteiger partial charge on any atom is -0.353 e. The number of carbonyl (C=O) groups is 2. The molecule has 0 radical (unpaired) electrons. The first-order valence-electron chi connectivity index (χ1n) is 8.32. The highest BCUT2D eigenvalue weighted by Gasteiger charge is 2.29. The summed E-state index contributed by atoms with van der Waals surface area (Å²) in [5.74, 6) is 0.449. The van der Waals surface area contributed by atoms with Crippen LogP contribution in [-0.4, -0.2) is 47.9 Å². The third-order valence-electron chi connectivity index (χ3n) is 4.95. The highest BCUT2D eigenvalue weighted by molar-refractivity contribution is 5.85. The van der Waals surface area contributed by atoms with Crippen LogP contribution in [0.3, 0.4) is 0 Å². The summed E-state index contributed by atoms with van der Waals surface area (Å²) in [5, 5.41) is 6.39. The van der Waals surface area contributed by atoms with E-state index in [0.717, 1.165) is 38.8 Å². The van der Waals surface area contributed by atoms with Gasteiger partial charge in [0.1, 0.15) is 0 Å². The summed E-state index contributed by atoms with van der Waals surface area (Å²) >= 11 is 0. The Morgan fingerprint density at radius 2 is 1.91 bits per heavy atom. The van der Waals surface area contributed by atoms with Crippen molar-refractivity contribution in [2.75, 3.05) is 13.1 Å². The molecular weight excluding hydrogens is 302 g/mol. The summed E-state index contributed by atoms with van der Waals surface area (Å²) in [6, 6.07) is 0.457. The SMILES string of the molecule is CC(CC(=O)N1CCNC(C)C1C)NC(=O)C1CCCC1.Cl. The lowest BCUT2D eigenvalue weighted by Crippen LogP contribution is -2.57. The largest absolute Gasteiger partial charge is 0.353 e. The van der Waals surface area contributed by atoms with Gasteiger partial charge in [-0.05, 0) is 33.6 Å². The quantitative estimate of drug-likeness (QED) is 0.824. The second-order valence-corrected chi connectivity index (χ2v) is 6.67. The van der Waals surface area contributed by atoms with Crippen LogP contribution in [-0.2, 0) is 9.59 Å². The van der Waals surface area contributed by atoms with Gasteiger partial charge in [-0.2, -0.15) is 0 Å². The summed E-state index contributed by atoms with van der Waals surface area (Å²) in [5.41, 5.74) is 0. The van der Waals surface area contributed by atoms with Gasteiger partial charge in [0.2, 0.25) is 11.8 Å². The van der Waals surface area contributed by atoms with Crippen molar-refractivity contribution in [1.82, 2.24) is 15.5 Å². The fraction of sp³-hybridized carbons (Fsp3) is 0.875. The van der Waals surface area contributed by atoms with Crippen molar-refractivity contribution in [3.05, 3.63) is 0 Å². The highest BCUT2D eigenvalue weighted by Crippen LogP contribution is 2.24. The predicted octanol–water partition coefficient (Wildman–Crippen LogP) is 1.70. The van der Waals surface area contributed by atoms with Gasteiger partial charge in [-0.3, -0.25) is 9.59 Å². The lowest BCUT2D eigenvalue weighted by molar-refractivity contribution is -0.135. The highest BCUT2D eigenvalue weighted by atomic mass is 35.5. The maximum atomic E-state index is 12.4. The molecule has 0 aromatic carbocycles. The van der Waals surface area contributed by atoms with Crippen LogP contribution < -0.4 is 10.6 Å². The van der Waals surface area contributed by atoms with Gasteiger partial charge in [-0.15, -0.1) is 12.4 Å². The van der Waals surface area contributed by atoms with Gasteiger partial charge in [0, 0.05) is 43.6 Å². The molecule has 2 amide bonds. The molecule has 3 atom stereocenters. The molecule has 1 aliphatic heterocycles. The van der Waals surface area contributed by atoms with Crippen LogP contribution in [0, 0.1) is 5.92 Å². The Bertz CT molecular complexity index is 386. The third-order valence-corrected chi connectivity index (χ3v) is 4.95. The molecule has 6 heteroatoms. The van der Waals surface area contributed by atoms with Crippen LogP contribution >= 0.6 is 12.4 Å². The van der Waals surface area contributed by atoms with E-state index in [1.165, 1.54) is 0 Å². The molecule has 2 aliphatic rings. The normalized spacial score (nSPS) is 27.1.